The zero-order valence-corrected chi connectivity index (χ0v) is 21.6. The Labute approximate surface area is 221 Å². The largest absolute Gasteiger partial charge is 0.489 e. The van der Waals surface area contributed by atoms with Crippen LogP contribution >= 0.6 is 11.3 Å². The Morgan fingerprint density at radius 3 is 2.57 bits per heavy atom. The molecule has 0 saturated carbocycles. The molecule has 2 aromatic carbocycles. The van der Waals surface area contributed by atoms with E-state index in [1.807, 2.05) is 49.4 Å². The fourth-order valence-electron chi connectivity index (χ4n) is 3.79. The molecule has 3 aromatic heterocycles. The van der Waals surface area contributed by atoms with E-state index in [1.54, 1.807) is 29.9 Å². The molecular formula is C28H26BN6OS. The number of hydrogen-bond donors (Lipinski definition) is 1. The van der Waals surface area contributed by atoms with E-state index in [4.69, 9.17) is 14.7 Å². The van der Waals surface area contributed by atoms with Gasteiger partial charge in [0.1, 0.15) is 25.3 Å². The molecule has 1 N–H and O–H groups in total. The second kappa shape index (κ2) is 11.8. The Morgan fingerprint density at radius 1 is 0.919 bits per heavy atom. The number of nitrogens with zero attached hydrogens (tertiary/aromatic N) is 5. The summed E-state index contributed by atoms with van der Waals surface area (Å²) in [6.45, 7) is 5.51. The molecular weight excluding hydrogens is 479 g/mol. The maximum absolute atomic E-state index is 6.13. The van der Waals surface area contributed by atoms with Crippen LogP contribution in [0, 0.1) is 0 Å². The first-order valence-electron chi connectivity index (χ1n) is 12.2. The summed E-state index contributed by atoms with van der Waals surface area (Å²) in [5.74, 6) is 1.28. The summed E-state index contributed by atoms with van der Waals surface area (Å²) in [6, 6.07) is 18.2. The van der Waals surface area contributed by atoms with Crippen LogP contribution in [0.4, 0.5) is 5.13 Å². The minimum absolute atomic E-state index is 0.490. The van der Waals surface area contributed by atoms with E-state index in [0.29, 0.717) is 18.1 Å². The molecule has 9 heteroatoms. The predicted molar refractivity (Wildman–Crippen MR) is 150 cm³/mol. The molecule has 0 unspecified atom stereocenters. The molecule has 0 fully saturated rings. The average Bonchev–Trinajstić information content (AvgIpc) is 3.45. The van der Waals surface area contributed by atoms with Crippen molar-refractivity contribution in [3.05, 3.63) is 84.9 Å². The van der Waals surface area contributed by atoms with Crippen molar-refractivity contribution >= 4 is 29.2 Å². The van der Waals surface area contributed by atoms with Crippen LogP contribution in [0.2, 0.25) is 6.82 Å². The zero-order valence-electron chi connectivity index (χ0n) is 20.8. The lowest BCUT2D eigenvalue weighted by molar-refractivity contribution is 0.306. The van der Waals surface area contributed by atoms with Gasteiger partial charge in [0.2, 0.25) is 0 Å². The van der Waals surface area contributed by atoms with Crippen LogP contribution in [0.15, 0.2) is 79.4 Å². The van der Waals surface area contributed by atoms with Gasteiger partial charge in [0.25, 0.3) is 0 Å². The standard InChI is InChI=1S/C28H26BN6OS/c1-3-11-32-28-33-17-26(37-28)24-15-23(34-27(35-24)25-16-30-12-13-31-25)21-14-20(9-10-22(21)29-2)36-18-19-7-5-4-6-8-19/h4-10,12-17H,3,11,18H2,1-2H3,(H,32,33). The van der Waals surface area contributed by atoms with Crippen LogP contribution in [0.5, 0.6) is 5.75 Å². The predicted octanol–water partition coefficient (Wildman–Crippen LogP) is 5.50. The Kier molecular flexibility index (Phi) is 7.81. The van der Waals surface area contributed by atoms with E-state index in [1.165, 1.54) is 0 Å². The first-order valence-corrected chi connectivity index (χ1v) is 13.0. The molecule has 5 aromatic rings. The third kappa shape index (κ3) is 6.01. The number of rotatable bonds is 10. The molecule has 0 aliphatic heterocycles. The van der Waals surface area contributed by atoms with Gasteiger partial charge in [-0.05, 0) is 35.7 Å². The van der Waals surface area contributed by atoms with E-state index in [9.17, 15) is 0 Å². The Balaban J connectivity index is 1.55. The highest BCUT2D eigenvalue weighted by Gasteiger charge is 2.16. The lowest BCUT2D eigenvalue weighted by Gasteiger charge is -2.13. The first-order chi connectivity index (χ1) is 18.2. The summed E-state index contributed by atoms with van der Waals surface area (Å²) >= 11 is 1.57. The number of aromatic nitrogens is 5. The normalized spacial score (nSPS) is 10.8. The molecule has 0 amide bonds. The highest BCUT2D eigenvalue weighted by Crippen LogP contribution is 2.32. The molecule has 7 nitrogen and oxygen atoms in total. The van der Waals surface area contributed by atoms with Gasteiger partial charge in [-0.15, -0.1) is 0 Å². The minimum Gasteiger partial charge on any atom is -0.489 e. The fraction of sp³-hybridized carbons (Fsp3) is 0.179. The topological polar surface area (TPSA) is 85.7 Å². The number of hydrogen-bond acceptors (Lipinski definition) is 8. The van der Waals surface area contributed by atoms with Crippen LogP contribution in [0.1, 0.15) is 18.9 Å². The number of ether oxygens (including phenoxy) is 1. The smallest absolute Gasteiger partial charge is 0.183 e. The monoisotopic (exact) mass is 505 g/mol. The number of nitrogens with one attached hydrogen (secondary N) is 1. The van der Waals surface area contributed by atoms with Gasteiger partial charge >= 0.3 is 0 Å². The van der Waals surface area contributed by atoms with Crippen molar-refractivity contribution in [2.24, 2.45) is 0 Å². The van der Waals surface area contributed by atoms with Gasteiger partial charge < -0.3 is 10.1 Å². The van der Waals surface area contributed by atoms with Crippen molar-refractivity contribution in [3.63, 3.8) is 0 Å². The summed E-state index contributed by atoms with van der Waals surface area (Å²) in [5, 5.41) is 4.22. The zero-order chi connectivity index (χ0) is 25.5. The molecule has 0 atom stereocenters. The van der Waals surface area contributed by atoms with Crippen molar-refractivity contribution in [2.75, 3.05) is 11.9 Å². The van der Waals surface area contributed by atoms with Crippen molar-refractivity contribution in [3.8, 4) is 39.1 Å². The number of anilines is 1. The molecule has 5 rings (SSSR count). The van der Waals surface area contributed by atoms with Crippen LogP contribution in [-0.2, 0) is 6.61 Å². The molecule has 1 radical (unpaired) electrons. The van der Waals surface area contributed by atoms with E-state index in [0.717, 1.165) is 56.7 Å². The Morgan fingerprint density at radius 2 is 1.78 bits per heavy atom. The fourth-order valence-corrected chi connectivity index (χ4v) is 4.59. The number of thiazole rings is 1. The second-order valence-electron chi connectivity index (χ2n) is 8.32. The third-order valence-corrected chi connectivity index (χ3v) is 6.64. The van der Waals surface area contributed by atoms with Gasteiger partial charge in [-0.25, -0.2) is 19.9 Å². The van der Waals surface area contributed by atoms with E-state index in [-0.39, 0.29) is 0 Å². The van der Waals surface area contributed by atoms with Crippen LogP contribution < -0.4 is 15.5 Å². The van der Waals surface area contributed by atoms with Gasteiger partial charge in [0, 0.05) is 25.1 Å². The summed E-state index contributed by atoms with van der Waals surface area (Å²) in [7, 11) is 2.07. The lowest BCUT2D eigenvalue weighted by atomic mass is 9.70. The summed E-state index contributed by atoms with van der Waals surface area (Å²) in [5.41, 5.74) is 5.29. The van der Waals surface area contributed by atoms with Crippen molar-refractivity contribution in [2.45, 2.75) is 26.8 Å². The third-order valence-electron chi connectivity index (χ3n) is 5.66. The molecule has 0 saturated heterocycles. The van der Waals surface area contributed by atoms with Crippen LogP contribution in [0.25, 0.3) is 33.3 Å². The van der Waals surface area contributed by atoms with Crippen LogP contribution in [-0.4, -0.2) is 38.7 Å². The summed E-state index contributed by atoms with van der Waals surface area (Å²) in [6.07, 6.45) is 7.84. The summed E-state index contributed by atoms with van der Waals surface area (Å²) in [4.78, 5) is 23.9. The second-order valence-corrected chi connectivity index (χ2v) is 9.35. The quantitative estimate of drug-likeness (QED) is 0.251. The highest BCUT2D eigenvalue weighted by molar-refractivity contribution is 7.18. The van der Waals surface area contributed by atoms with E-state index in [2.05, 4.69) is 52.7 Å². The van der Waals surface area contributed by atoms with Crippen molar-refractivity contribution < 1.29 is 4.74 Å². The molecule has 0 aliphatic carbocycles. The van der Waals surface area contributed by atoms with Gasteiger partial charge in [-0.1, -0.05) is 66.9 Å². The van der Waals surface area contributed by atoms with Gasteiger partial charge in [0.15, 0.2) is 11.0 Å². The Hall–Kier alpha value is -4.11. The maximum Gasteiger partial charge on any atom is 0.183 e. The molecule has 3 heterocycles. The highest BCUT2D eigenvalue weighted by atomic mass is 32.1. The maximum atomic E-state index is 6.13. The lowest BCUT2D eigenvalue weighted by Crippen LogP contribution is -2.15. The molecule has 37 heavy (non-hydrogen) atoms. The average molecular weight is 505 g/mol. The molecule has 0 spiro atoms. The summed E-state index contributed by atoms with van der Waals surface area (Å²) < 4.78 is 6.13. The van der Waals surface area contributed by atoms with Crippen molar-refractivity contribution in [1.82, 2.24) is 24.9 Å². The van der Waals surface area contributed by atoms with E-state index >= 15 is 0 Å². The van der Waals surface area contributed by atoms with Gasteiger partial charge in [-0.2, -0.15) is 0 Å². The van der Waals surface area contributed by atoms with Crippen LogP contribution in [0.3, 0.4) is 0 Å². The first kappa shape index (κ1) is 24.6. The minimum atomic E-state index is 0.490. The molecule has 0 bridgehead atoms. The van der Waals surface area contributed by atoms with Gasteiger partial charge in [-0.3, -0.25) is 4.98 Å². The van der Waals surface area contributed by atoms with E-state index < -0.39 is 0 Å². The SMILES string of the molecule is C[B]c1ccc(OCc2ccccc2)cc1-c1cc(-c2cnc(NCCC)s2)nc(-c2cnccn2)n1. The van der Waals surface area contributed by atoms with Gasteiger partial charge in [0.05, 0.1) is 22.5 Å². The van der Waals surface area contributed by atoms with Crippen molar-refractivity contribution in [1.29, 1.82) is 0 Å². The Bertz CT molecular complexity index is 1460. The number of benzene rings is 2. The molecule has 0 aliphatic rings. The molecule has 183 valence electrons.